The zero-order valence-corrected chi connectivity index (χ0v) is 12.9. The van der Waals surface area contributed by atoms with Gasteiger partial charge in [-0.05, 0) is 12.1 Å². The van der Waals surface area contributed by atoms with Crippen molar-refractivity contribution in [3.63, 3.8) is 0 Å². The lowest BCUT2D eigenvalue weighted by Crippen LogP contribution is -2.47. The third-order valence-corrected chi connectivity index (χ3v) is 4.04. The number of rotatable bonds is 4. The number of nitrogens with one attached hydrogen (secondary N) is 2. The van der Waals surface area contributed by atoms with Crippen LogP contribution in [0.2, 0.25) is 0 Å². The molecule has 4 N–H and O–H groups in total. The Morgan fingerprint density at radius 3 is 2.78 bits per heavy atom. The van der Waals surface area contributed by atoms with Gasteiger partial charge in [0.15, 0.2) is 5.96 Å². The summed E-state index contributed by atoms with van der Waals surface area (Å²) in [7, 11) is 0. The molecule has 0 saturated carbocycles. The molecule has 2 heterocycles. The molecule has 0 spiro atoms. The summed E-state index contributed by atoms with van der Waals surface area (Å²) in [4.78, 5) is 19.3. The predicted molar refractivity (Wildman–Crippen MR) is 88.5 cm³/mol. The number of fused-ring (bicyclic) bond motifs is 1. The number of nitrogens with zero attached hydrogens (tertiary/aromatic N) is 2. The van der Waals surface area contributed by atoms with Gasteiger partial charge in [-0.15, -0.1) is 0 Å². The van der Waals surface area contributed by atoms with Crippen LogP contribution in [0.3, 0.4) is 0 Å². The van der Waals surface area contributed by atoms with Crippen LogP contribution in [0, 0.1) is 5.41 Å². The Morgan fingerprint density at radius 2 is 2.09 bits per heavy atom. The minimum absolute atomic E-state index is 0.234. The average Bonchev–Trinajstić information content (AvgIpc) is 2.99. The van der Waals surface area contributed by atoms with E-state index in [1.165, 1.54) is 4.90 Å². The second kappa shape index (κ2) is 6.80. The number of carbonyl (C=O) groups excluding carboxylic acids is 1. The molecular weight excluding hydrogens is 294 g/mol. The third-order valence-electron chi connectivity index (χ3n) is 4.04. The van der Waals surface area contributed by atoms with Gasteiger partial charge >= 0.3 is 0 Å². The molecule has 0 bridgehead atoms. The summed E-state index contributed by atoms with van der Waals surface area (Å²) in [5.41, 5.74) is 6.96. The van der Waals surface area contributed by atoms with Gasteiger partial charge in [0.1, 0.15) is 5.69 Å². The summed E-state index contributed by atoms with van der Waals surface area (Å²) < 4.78 is 5.31. The summed E-state index contributed by atoms with van der Waals surface area (Å²) >= 11 is 0. The van der Waals surface area contributed by atoms with Crippen molar-refractivity contribution in [2.75, 3.05) is 39.4 Å². The SMILES string of the molecule is N=C(N)N(CCN1CCOCC1)C(=O)c1cc2ccccc2[nH]1. The van der Waals surface area contributed by atoms with Crippen LogP contribution in [0.1, 0.15) is 10.5 Å². The fourth-order valence-corrected chi connectivity index (χ4v) is 2.73. The highest BCUT2D eigenvalue weighted by molar-refractivity contribution is 6.05. The van der Waals surface area contributed by atoms with Crippen molar-refractivity contribution >= 4 is 22.8 Å². The van der Waals surface area contributed by atoms with Crippen LogP contribution in [-0.2, 0) is 4.74 Å². The number of aromatic nitrogens is 1. The molecule has 0 unspecified atom stereocenters. The Balaban J connectivity index is 1.71. The first kappa shape index (κ1) is 15.5. The number of morpholine rings is 1. The van der Waals surface area contributed by atoms with Crippen LogP contribution in [0.25, 0.3) is 10.9 Å². The molecule has 122 valence electrons. The van der Waals surface area contributed by atoms with Gasteiger partial charge in [0, 0.05) is 37.1 Å². The normalized spacial score (nSPS) is 15.7. The van der Waals surface area contributed by atoms with Crippen molar-refractivity contribution in [2.24, 2.45) is 5.73 Å². The minimum Gasteiger partial charge on any atom is -0.379 e. The summed E-state index contributed by atoms with van der Waals surface area (Å²) in [6.07, 6.45) is 0. The Bertz CT molecular complexity index is 672. The Morgan fingerprint density at radius 1 is 1.35 bits per heavy atom. The highest BCUT2D eigenvalue weighted by Gasteiger charge is 2.21. The predicted octanol–water partition coefficient (Wildman–Crippen LogP) is 0.836. The fourth-order valence-electron chi connectivity index (χ4n) is 2.73. The van der Waals surface area contributed by atoms with E-state index in [9.17, 15) is 4.79 Å². The monoisotopic (exact) mass is 315 g/mol. The number of nitrogens with two attached hydrogens (primary N) is 1. The largest absolute Gasteiger partial charge is 0.379 e. The Hall–Kier alpha value is -2.38. The van der Waals surface area contributed by atoms with E-state index in [0.717, 1.165) is 24.0 Å². The molecule has 0 atom stereocenters. The minimum atomic E-state index is -0.276. The Kier molecular flexibility index (Phi) is 4.59. The number of hydrogen-bond acceptors (Lipinski definition) is 4. The second-order valence-corrected chi connectivity index (χ2v) is 5.57. The second-order valence-electron chi connectivity index (χ2n) is 5.57. The molecule has 1 fully saturated rings. The molecule has 1 saturated heterocycles. The number of para-hydroxylation sites is 1. The van der Waals surface area contributed by atoms with Gasteiger partial charge < -0.3 is 15.5 Å². The number of amides is 1. The van der Waals surface area contributed by atoms with E-state index in [4.69, 9.17) is 15.9 Å². The molecule has 2 aromatic rings. The first-order valence-electron chi connectivity index (χ1n) is 7.69. The van der Waals surface area contributed by atoms with Crippen LogP contribution in [0.15, 0.2) is 30.3 Å². The van der Waals surface area contributed by atoms with E-state index >= 15 is 0 Å². The standard InChI is InChI=1S/C16H21N5O2/c17-16(18)21(6-5-20-7-9-23-10-8-20)15(22)14-11-12-3-1-2-4-13(12)19-14/h1-4,11,19H,5-10H2,(H3,17,18). The first-order valence-corrected chi connectivity index (χ1v) is 7.69. The number of guanidine groups is 1. The molecule has 1 aromatic heterocycles. The van der Waals surface area contributed by atoms with E-state index in [1.54, 1.807) is 6.07 Å². The lowest BCUT2D eigenvalue weighted by molar-refractivity contribution is 0.0353. The number of aromatic amines is 1. The molecule has 1 amide bonds. The van der Waals surface area contributed by atoms with E-state index in [2.05, 4.69) is 9.88 Å². The molecule has 7 heteroatoms. The summed E-state index contributed by atoms with van der Waals surface area (Å²) in [5, 5.41) is 8.67. The zero-order valence-electron chi connectivity index (χ0n) is 12.9. The van der Waals surface area contributed by atoms with Gasteiger partial charge in [0.2, 0.25) is 0 Å². The van der Waals surface area contributed by atoms with Crippen molar-refractivity contribution in [1.82, 2.24) is 14.8 Å². The zero-order chi connectivity index (χ0) is 16.2. The van der Waals surface area contributed by atoms with Gasteiger partial charge in [-0.3, -0.25) is 20.0 Å². The van der Waals surface area contributed by atoms with E-state index < -0.39 is 0 Å². The quantitative estimate of drug-likeness (QED) is 0.575. The van der Waals surface area contributed by atoms with Crippen LogP contribution in [0.4, 0.5) is 0 Å². The van der Waals surface area contributed by atoms with Crippen LogP contribution < -0.4 is 5.73 Å². The molecule has 0 radical (unpaired) electrons. The number of hydrogen-bond donors (Lipinski definition) is 3. The van der Waals surface area contributed by atoms with Crippen LogP contribution in [-0.4, -0.2) is 66.0 Å². The molecule has 0 aliphatic carbocycles. The molecular formula is C16H21N5O2. The smallest absolute Gasteiger partial charge is 0.277 e. The number of benzene rings is 1. The summed E-state index contributed by atoms with van der Waals surface area (Å²) in [5.74, 6) is -0.510. The molecule has 1 aromatic carbocycles. The van der Waals surface area contributed by atoms with Gasteiger partial charge in [-0.25, -0.2) is 0 Å². The third kappa shape index (κ3) is 3.52. The lowest BCUT2D eigenvalue weighted by Gasteiger charge is -2.29. The lowest BCUT2D eigenvalue weighted by atomic mass is 10.2. The van der Waals surface area contributed by atoms with Crippen molar-refractivity contribution < 1.29 is 9.53 Å². The maximum absolute atomic E-state index is 12.7. The molecule has 1 aliphatic rings. The van der Waals surface area contributed by atoms with Crippen molar-refractivity contribution in [1.29, 1.82) is 5.41 Å². The fraction of sp³-hybridized carbons (Fsp3) is 0.375. The maximum Gasteiger partial charge on any atom is 0.277 e. The summed E-state index contributed by atoms with van der Waals surface area (Å²) in [6, 6.07) is 9.48. The topological polar surface area (TPSA) is 98.4 Å². The highest BCUT2D eigenvalue weighted by Crippen LogP contribution is 2.16. The maximum atomic E-state index is 12.7. The van der Waals surface area contributed by atoms with E-state index in [1.807, 2.05) is 24.3 Å². The summed E-state index contributed by atoms with van der Waals surface area (Å²) in [6.45, 7) is 4.16. The number of ether oxygens (including phenoxy) is 1. The van der Waals surface area contributed by atoms with E-state index in [0.29, 0.717) is 32.0 Å². The van der Waals surface area contributed by atoms with Crippen LogP contribution in [0.5, 0.6) is 0 Å². The molecule has 23 heavy (non-hydrogen) atoms. The number of carbonyl (C=O) groups is 1. The van der Waals surface area contributed by atoms with E-state index in [-0.39, 0.29) is 11.9 Å². The Labute approximate surface area is 134 Å². The average molecular weight is 315 g/mol. The van der Waals surface area contributed by atoms with Gasteiger partial charge in [0.05, 0.1) is 13.2 Å². The van der Waals surface area contributed by atoms with Crippen molar-refractivity contribution in [2.45, 2.75) is 0 Å². The van der Waals surface area contributed by atoms with Crippen LogP contribution >= 0.6 is 0 Å². The molecule has 1 aliphatic heterocycles. The van der Waals surface area contributed by atoms with Crippen molar-refractivity contribution in [3.05, 3.63) is 36.0 Å². The van der Waals surface area contributed by atoms with Crippen molar-refractivity contribution in [3.8, 4) is 0 Å². The van der Waals surface area contributed by atoms with Gasteiger partial charge in [-0.1, -0.05) is 18.2 Å². The van der Waals surface area contributed by atoms with Gasteiger partial charge in [-0.2, -0.15) is 0 Å². The van der Waals surface area contributed by atoms with Gasteiger partial charge in [0.25, 0.3) is 5.91 Å². The molecule has 3 rings (SSSR count). The highest BCUT2D eigenvalue weighted by atomic mass is 16.5. The number of H-pyrrole nitrogens is 1. The first-order chi connectivity index (χ1) is 11.1. The molecule has 7 nitrogen and oxygen atoms in total.